The molecule has 3 heterocycles. The predicted octanol–water partition coefficient (Wildman–Crippen LogP) is 2.87. The maximum atomic E-state index is 15.1. The summed E-state index contributed by atoms with van der Waals surface area (Å²) in [5.74, 6) is -2.29. The maximum Gasteiger partial charge on any atom is 0.243 e. The lowest BCUT2D eigenvalue weighted by molar-refractivity contribution is -0.117. The number of aromatic nitrogens is 3. The van der Waals surface area contributed by atoms with Gasteiger partial charge in [-0.2, -0.15) is 0 Å². The van der Waals surface area contributed by atoms with E-state index in [1.807, 2.05) is 0 Å². The van der Waals surface area contributed by atoms with Gasteiger partial charge in [-0.1, -0.05) is 6.58 Å². The van der Waals surface area contributed by atoms with Crippen LogP contribution in [0.4, 0.5) is 14.7 Å². The van der Waals surface area contributed by atoms with E-state index in [9.17, 15) is 4.79 Å². The Morgan fingerprint density at radius 2 is 1.83 bits per heavy atom. The molecule has 2 atom stereocenters. The van der Waals surface area contributed by atoms with Crippen molar-refractivity contribution in [1.29, 1.82) is 0 Å². The molecular weight excluding hydrogens is 476 g/mol. The Morgan fingerprint density at radius 1 is 1.11 bits per heavy atom. The monoisotopic (exact) mass is 501 g/mol. The Bertz CT molecular complexity index is 1280. The summed E-state index contributed by atoms with van der Waals surface area (Å²) >= 11 is 0. The molecule has 1 aliphatic heterocycles. The third-order valence-corrected chi connectivity index (χ3v) is 5.74. The molecule has 0 unspecified atom stereocenters. The second kappa shape index (κ2) is 10.7. The first-order valence-electron chi connectivity index (χ1n) is 11.0. The molecule has 10 nitrogen and oxygen atoms in total. The number of rotatable bonds is 8. The quantitative estimate of drug-likeness (QED) is 0.450. The van der Waals surface area contributed by atoms with Crippen LogP contribution >= 0.6 is 0 Å². The molecule has 0 bridgehead atoms. The first-order chi connectivity index (χ1) is 17.4. The highest BCUT2D eigenvalue weighted by Crippen LogP contribution is 2.38. The van der Waals surface area contributed by atoms with Gasteiger partial charge < -0.3 is 29.6 Å². The van der Waals surface area contributed by atoms with Crippen molar-refractivity contribution in [3.8, 4) is 28.6 Å². The van der Waals surface area contributed by atoms with Gasteiger partial charge in [0.25, 0.3) is 0 Å². The number of carbonyl (C=O) groups excluding carboxylic acids is 1. The molecule has 2 N–H and O–H groups in total. The van der Waals surface area contributed by atoms with E-state index in [2.05, 4.69) is 32.2 Å². The van der Waals surface area contributed by atoms with Gasteiger partial charge in [-0.05, 0) is 18.6 Å². The number of fused-ring (bicyclic) bond motifs is 1. The fourth-order valence-electron chi connectivity index (χ4n) is 3.92. The zero-order chi connectivity index (χ0) is 25.8. The summed E-state index contributed by atoms with van der Waals surface area (Å²) in [6.45, 7) is 4.31. The lowest BCUT2D eigenvalue weighted by Crippen LogP contribution is -2.52. The number of halogens is 2. The van der Waals surface area contributed by atoms with Gasteiger partial charge in [0.15, 0.2) is 23.1 Å². The van der Waals surface area contributed by atoms with Crippen molar-refractivity contribution in [3.63, 3.8) is 0 Å². The van der Waals surface area contributed by atoms with Crippen molar-refractivity contribution in [1.82, 2.24) is 20.3 Å². The van der Waals surface area contributed by atoms with Crippen molar-refractivity contribution in [2.45, 2.75) is 18.5 Å². The van der Waals surface area contributed by atoms with Crippen LogP contribution in [-0.2, 0) is 9.53 Å². The molecule has 1 saturated heterocycles. The van der Waals surface area contributed by atoms with Crippen LogP contribution in [0.1, 0.15) is 6.42 Å². The van der Waals surface area contributed by atoms with E-state index in [-0.39, 0.29) is 47.0 Å². The molecule has 0 saturated carbocycles. The van der Waals surface area contributed by atoms with Gasteiger partial charge in [0.2, 0.25) is 17.7 Å². The number of carbonyl (C=O) groups is 1. The predicted molar refractivity (Wildman–Crippen MR) is 127 cm³/mol. The molecule has 2 aromatic heterocycles. The minimum Gasteiger partial charge on any atom is -0.494 e. The minimum atomic E-state index is -0.936. The number of pyridine rings is 1. The maximum absolute atomic E-state index is 15.1. The van der Waals surface area contributed by atoms with Crippen LogP contribution in [-0.4, -0.2) is 67.5 Å². The smallest absolute Gasteiger partial charge is 0.243 e. The fourth-order valence-corrected chi connectivity index (χ4v) is 3.92. The van der Waals surface area contributed by atoms with Crippen molar-refractivity contribution < 1.29 is 32.5 Å². The van der Waals surface area contributed by atoms with Crippen LogP contribution in [0, 0.1) is 11.6 Å². The summed E-state index contributed by atoms with van der Waals surface area (Å²) in [5.41, 5.74) is -0.171. The average molecular weight is 501 g/mol. The highest BCUT2D eigenvalue weighted by molar-refractivity contribution is 5.88. The number of anilines is 1. The highest BCUT2D eigenvalue weighted by atomic mass is 19.1. The second-order valence-electron chi connectivity index (χ2n) is 7.87. The van der Waals surface area contributed by atoms with Gasteiger partial charge in [-0.3, -0.25) is 4.79 Å². The summed E-state index contributed by atoms with van der Waals surface area (Å²) in [7, 11) is 3.90. The molecule has 3 aromatic rings. The normalized spacial score (nSPS) is 17.4. The molecule has 1 aliphatic rings. The Morgan fingerprint density at radius 3 is 2.47 bits per heavy atom. The number of amides is 1. The first-order valence-corrected chi connectivity index (χ1v) is 11.0. The van der Waals surface area contributed by atoms with Gasteiger partial charge in [-0.25, -0.2) is 23.7 Å². The number of ether oxygens (including phenoxy) is 4. The van der Waals surface area contributed by atoms with Crippen molar-refractivity contribution in [2.75, 3.05) is 39.9 Å². The van der Waals surface area contributed by atoms with Crippen LogP contribution in [0.5, 0.6) is 17.4 Å². The molecule has 12 heteroatoms. The Hall–Kier alpha value is -4.06. The van der Waals surface area contributed by atoms with E-state index in [0.29, 0.717) is 30.5 Å². The highest BCUT2D eigenvalue weighted by Gasteiger charge is 2.28. The lowest BCUT2D eigenvalue weighted by atomic mass is 10.0. The van der Waals surface area contributed by atoms with E-state index in [1.165, 1.54) is 39.7 Å². The molecule has 0 radical (unpaired) electrons. The first kappa shape index (κ1) is 25.0. The third-order valence-electron chi connectivity index (χ3n) is 5.74. The molecule has 0 aliphatic carbocycles. The van der Waals surface area contributed by atoms with Crippen molar-refractivity contribution >= 4 is 22.8 Å². The molecule has 1 amide bonds. The zero-order valence-electron chi connectivity index (χ0n) is 19.9. The van der Waals surface area contributed by atoms with Crippen LogP contribution in [0.15, 0.2) is 31.0 Å². The molecule has 1 aromatic carbocycles. The Kier molecular flexibility index (Phi) is 7.44. The number of nitrogens with one attached hydrogen (secondary N) is 2. The largest absolute Gasteiger partial charge is 0.494 e. The summed E-state index contributed by atoms with van der Waals surface area (Å²) in [6, 6.07) is 2.04. The molecule has 0 spiro atoms. The summed E-state index contributed by atoms with van der Waals surface area (Å²) in [4.78, 5) is 24.9. The van der Waals surface area contributed by atoms with E-state index < -0.39 is 17.2 Å². The van der Waals surface area contributed by atoms with Gasteiger partial charge in [0.05, 0.1) is 51.3 Å². The van der Waals surface area contributed by atoms with Crippen LogP contribution < -0.4 is 24.8 Å². The number of hydrogen-bond acceptors (Lipinski definition) is 9. The molecule has 36 heavy (non-hydrogen) atoms. The number of nitrogens with zero attached hydrogens (tertiary/aromatic N) is 3. The van der Waals surface area contributed by atoms with E-state index >= 15 is 8.78 Å². The molecule has 4 rings (SSSR count). The number of hydrogen-bond donors (Lipinski definition) is 2. The van der Waals surface area contributed by atoms with Crippen LogP contribution in [0.2, 0.25) is 0 Å². The zero-order valence-corrected chi connectivity index (χ0v) is 19.9. The van der Waals surface area contributed by atoms with Gasteiger partial charge in [0, 0.05) is 24.3 Å². The second-order valence-corrected chi connectivity index (χ2v) is 7.87. The SMILES string of the molecule is C=CC(=O)N[C@H]1CCOC[C@H]1Nc1ncc2cc(-c3c(F)c(OC)cc(OC)c3F)nc(OC)c2n1. The number of benzene rings is 1. The Balaban J connectivity index is 1.72. The summed E-state index contributed by atoms with van der Waals surface area (Å²) in [6.07, 6.45) is 3.28. The van der Waals surface area contributed by atoms with Gasteiger partial charge >= 0.3 is 0 Å². The summed E-state index contributed by atoms with van der Waals surface area (Å²) < 4.78 is 51.1. The van der Waals surface area contributed by atoms with Gasteiger partial charge in [-0.15, -0.1) is 0 Å². The number of methoxy groups -OCH3 is 3. The lowest BCUT2D eigenvalue weighted by Gasteiger charge is -2.32. The van der Waals surface area contributed by atoms with Crippen LogP contribution in [0.3, 0.4) is 0 Å². The standard InChI is InChI=1S/C24H25F2N5O5/c1-5-18(32)28-13-6-7-36-11-15(13)30-24-27-10-12-8-14(29-23(35-4)22(12)31-24)19-20(25)16(33-2)9-17(34-3)21(19)26/h5,8-10,13,15H,1,6-7,11H2,2-4H3,(H,28,32)(H,27,30,31)/t13-,15+/m0/s1. The van der Waals surface area contributed by atoms with Gasteiger partial charge in [0.1, 0.15) is 5.52 Å². The molecule has 1 fully saturated rings. The topological polar surface area (TPSA) is 117 Å². The molecular formula is C24H25F2N5O5. The van der Waals surface area contributed by atoms with E-state index in [0.717, 1.165) is 6.07 Å². The summed E-state index contributed by atoms with van der Waals surface area (Å²) in [5, 5.41) is 6.47. The minimum absolute atomic E-state index is 0.0324. The Labute approximate surface area is 205 Å². The van der Waals surface area contributed by atoms with E-state index in [4.69, 9.17) is 18.9 Å². The van der Waals surface area contributed by atoms with Crippen molar-refractivity contribution in [2.24, 2.45) is 0 Å². The van der Waals surface area contributed by atoms with E-state index in [1.54, 1.807) is 0 Å². The third kappa shape index (κ3) is 4.85. The molecule has 190 valence electrons. The van der Waals surface area contributed by atoms with Crippen molar-refractivity contribution in [3.05, 3.63) is 42.6 Å². The van der Waals surface area contributed by atoms with Crippen LogP contribution in [0.25, 0.3) is 22.2 Å². The average Bonchev–Trinajstić information content (AvgIpc) is 2.89. The fraction of sp³-hybridized carbons (Fsp3) is 0.333.